The van der Waals surface area contributed by atoms with E-state index in [1.165, 1.54) is 0 Å². The average molecular weight is 425 g/mol. The molecule has 7 heteroatoms. The van der Waals surface area contributed by atoms with E-state index in [1.54, 1.807) is 36.3 Å². The van der Waals surface area contributed by atoms with Crippen LogP contribution in [0.2, 0.25) is 5.02 Å². The highest BCUT2D eigenvalue weighted by Gasteiger charge is 2.44. The van der Waals surface area contributed by atoms with E-state index in [4.69, 9.17) is 21.1 Å². The fraction of sp³-hybridized carbons (Fsp3) is 0.304. The number of carbonyl (C=O) groups excluding carboxylic acids is 2. The minimum atomic E-state index is -0.572. The summed E-state index contributed by atoms with van der Waals surface area (Å²) in [5, 5.41) is 1.50. The van der Waals surface area contributed by atoms with Gasteiger partial charge in [0.15, 0.2) is 5.78 Å². The third-order valence-electron chi connectivity index (χ3n) is 6.10. The number of fused-ring (bicyclic) bond motifs is 2. The summed E-state index contributed by atoms with van der Waals surface area (Å²) in [6.07, 6.45) is 1.53. The van der Waals surface area contributed by atoms with Gasteiger partial charge in [-0.3, -0.25) is 9.59 Å². The number of Topliss-reactive ketones (excluding diaryl/α,β-unsaturated/α-hetero) is 1. The highest BCUT2D eigenvalue weighted by Crippen LogP contribution is 2.41. The Morgan fingerprint density at radius 2 is 2.00 bits per heavy atom. The van der Waals surface area contributed by atoms with Gasteiger partial charge in [-0.25, -0.2) is 0 Å². The van der Waals surface area contributed by atoms with Gasteiger partial charge in [-0.05, 0) is 24.3 Å². The zero-order chi connectivity index (χ0) is 20.9. The predicted octanol–water partition coefficient (Wildman–Crippen LogP) is 4.47. The fourth-order valence-corrected chi connectivity index (χ4v) is 4.63. The van der Waals surface area contributed by atoms with Crippen molar-refractivity contribution in [2.75, 3.05) is 20.2 Å². The van der Waals surface area contributed by atoms with E-state index in [9.17, 15) is 9.59 Å². The number of rotatable bonds is 2. The average Bonchev–Trinajstić information content (AvgIpc) is 3.19. The van der Waals surface area contributed by atoms with Gasteiger partial charge in [0.25, 0.3) is 5.91 Å². The lowest BCUT2D eigenvalue weighted by Crippen LogP contribution is -2.52. The number of nitrogens with zero attached hydrogens (tertiary/aromatic N) is 1. The largest absolute Gasteiger partial charge is 0.497 e. The van der Waals surface area contributed by atoms with Gasteiger partial charge in [-0.2, -0.15) is 0 Å². The van der Waals surface area contributed by atoms with Gasteiger partial charge >= 0.3 is 0 Å². The van der Waals surface area contributed by atoms with Crippen LogP contribution >= 0.6 is 11.6 Å². The number of benzene rings is 2. The smallest absolute Gasteiger partial charge is 0.270 e. The number of aromatic amines is 1. The number of hydrogen-bond acceptors (Lipinski definition) is 4. The lowest BCUT2D eigenvalue weighted by atomic mass is 9.82. The summed E-state index contributed by atoms with van der Waals surface area (Å²) in [5.41, 5.74) is 1.30. The van der Waals surface area contributed by atoms with Crippen molar-refractivity contribution in [1.82, 2.24) is 9.88 Å². The van der Waals surface area contributed by atoms with Crippen LogP contribution in [0.3, 0.4) is 0 Å². The number of carbonyl (C=O) groups is 2. The van der Waals surface area contributed by atoms with Gasteiger partial charge in [-0.15, -0.1) is 0 Å². The summed E-state index contributed by atoms with van der Waals surface area (Å²) in [7, 11) is 1.59. The maximum absolute atomic E-state index is 13.0. The Balaban J connectivity index is 1.33. The first-order chi connectivity index (χ1) is 14.5. The van der Waals surface area contributed by atoms with Crippen molar-refractivity contribution >= 4 is 34.2 Å². The quantitative estimate of drug-likeness (QED) is 0.658. The number of likely N-dealkylation sites (tertiary alicyclic amines) is 1. The number of methoxy groups -OCH3 is 1. The molecule has 1 fully saturated rings. The molecule has 1 amide bonds. The molecule has 1 saturated heterocycles. The number of para-hydroxylation sites is 1. The van der Waals surface area contributed by atoms with E-state index < -0.39 is 5.60 Å². The molecule has 154 valence electrons. The van der Waals surface area contributed by atoms with Gasteiger partial charge in [0, 0.05) is 37.4 Å². The van der Waals surface area contributed by atoms with Crippen LogP contribution in [0.25, 0.3) is 10.9 Å². The molecule has 0 unspecified atom stereocenters. The second-order valence-corrected chi connectivity index (χ2v) is 8.33. The molecule has 0 bridgehead atoms. The minimum Gasteiger partial charge on any atom is -0.497 e. The molecule has 5 rings (SSSR count). The number of halogens is 1. The summed E-state index contributed by atoms with van der Waals surface area (Å²) in [4.78, 5) is 30.7. The first-order valence-corrected chi connectivity index (χ1v) is 10.3. The van der Waals surface area contributed by atoms with Crippen LogP contribution in [-0.2, 0) is 0 Å². The Kier molecular flexibility index (Phi) is 4.47. The predicted molar refractivity (Wildman–Crippen MR) is 114 cm³/mol. The van der Waals surface area contributed by atoms with Crippen molar-refractivity contribution in [1.29, 1.82) is 0 Å². The van der Waals surface area contributed by atoms with Crippen LogP contribution in [-0.4, -0.2) is 47.4 Å². The third kappa shape index (κ3) is 3.12. The van der Waals surface area contributed by atoms with Crippen LogP contribution < -0.4 is 9.47 Å². The van der Waals surface area contributed by atoms with Crippen molar-refractivity contribution in [3.63, 3.8) is 0 Å². The summed E-state index contributed by atoms with van der Waals surface area (Å²) < 4.78 is 11.6. The molecular formula is C23H21ClN2O4. The molecule has 30 heavy (non-hydrogen) atoms. The number of piperidine rings is 1. The fourth-order valence-electron chi connectivity index (χ4n) is 4.40. The zero-order valence-electron chi connectivity index (χ0n) is 16.5. The third-order valence-corrected chi connectivity index (χ3v) is 6.41. The maximum Gasteiger partial charge on any atom is 0.270 e. The summed E-state index contributed by atoms with van der Waals surface area (Å²) in [5.74, 6) is 1.23. The minimum absolute atomic E-state index is 0.0682. The van der Waals surface area contributed by atoms with Gasteiger partial charge in [0.1, 0.15) is 22.8 Å². The van der Waals surface area contributed by atoms with Crippen LogP contribution in [0, 0.1) is 0 Å². The van der Waals surface area contributed by atoms with Gasteiger partial charge in [-0.1, -0.05) is 23.7 Å². The Morgan fingerprint density at radius 3 is 2.73 bits per heavy atom. The summed E-state index contributed by atoms with van der Waals surface area (Å²) in [6.45, 7) is 1.04. The number of nitrogens with one attached hydrogen (secondary N) is 1. The van der Waals surface area contributed by atoms with E-state index in [1.807, 2.05) is 18.2 Å². The standard InChI is InChI=1S/C23H21ClN2O4/c1-29-15-5-6-16-19(27)13-23(30-20(16)12-15)7-9-26(10-8-23)22(28)18-11-14-3-2-4-17(24)21(14)25-18/h2-6,11-12,25H,7-10,13H2,1H3. The zero-order valence-corrected chi connectivity index (χ0v) is 17.3. The molecule has 6 nitrogen and oxygen atoms in total. The van der Waals surface area contributed by atoms with E-state index in [0.717, 1.165) is 10.9 Å². The van der Waals surface area contributed by atoms with E-state index >= 15 is 0 Å². The number of amides is 1. The normalized spacial score (nSPS) is 17.7. The molecule has 1 N–H and O–H groups in total. The molecule has 0 atom stereocenters. The maximum atomic E-state index is 13.0. The topological polar surface area (TPSA) is 71.6 Å². The molecular weight excluding hydrogens is 404 g/mol. The van der Waals surface area contributed by atoms with Crippen LogP contribution in [0.4, 0.5) is 0 Å². The molecule has 0 aliphatic carbocycles. The van der Waals surface area contributed by atoms with E-state index in [0.29, 0.717) is 60.1 Å². The molecule has 2 aliphatic rings. The Hall–Kier alpha value is -2.99. The molecule has 3 aromatic rings. The Bertz CT molecular complexity index is 1160. The molecule has 2 aliphatic heterocycles. The number of ketones is 1. The summed E-state index contributed by atoms with van der Waals surface area (Å²) >= 11 is 6.22. The Morgan fingerprint density at radius 1 is 1.20 bits per heavy atom. The van der Waals surface area contributed by atoms with Crippen LogP contribution in [0.1, 0.15) is 40.1 Å². The van der Waals surface area contributed by atoms with Crippen molar-refractivity contribution in [2.24, 2.45) is 0 Å². The first-order valence-electron chi connectivity index (χ1n) is 9.95. The van der Waals surface area contributed by atoms with Crippen LogP contribution in [0.5, 0.6) is 11.5 Å². The number of aromatic nitrogens is 1. The Labute approximate surface area is 178 Å². The molecule has 3 heterocycles. The van der Waals surface area contributed by atoms with Crippen molar-refractivity contribution in [3.05, 3.63) is 58.7 Å². The van der Waals surface area contributed by atoms with E-state index in [-0.39, 0.29) is 11.7 Å². The van der Waals surface area contributed by atoms with Crippen molar-refractivity contribution in [2.45, 2.75) is 24.9 Å². The van der Waals surface area contributed by atoms with Crippen molar-refractivity contribution in [3.8, 4) is 11.5 Å². The second kappa shape index (κ2) is 7.06. The number of ether oxygens (including phenoxy) is 2. The van der Waals surface area contributed by atoms with Gasteiger partial charge in [0.05, 0.1) is 29.6 Å². The number of H-pyrrole nitrogens is 1. The molecule has 0 saturated carbocycles. The molecule has 1 spiro atoms. The van der Waals surface area contributed by atoms with E-state index in [2.05, 4.69) is 4.98 Å². The lowest BCUT2D eigenvalue weighted by Gasteiger charge is -2.43. The number of hydrogen-bond donors (Lipinski definition) is 1. The molecule has 0 radical (unpaired) electrons. The molecule has 2 aromatic carbocycles. The van der Waals surface area contributed by atoms with Crippen molar-refractivity contribution < 1.29 is 19.1 Å². The second-order valence-electron chi connectivity index (χ2n) is 7.93. The highest BCUT2D eigenvalue weighted by molar-refractivity contribution is 6.35. The SMILES string of the molecule is COc1ccc2c(c1)OC1(CCN(C(=O)c3cc4cccc(Cl)c4[nH]3)CC1)CC2=O. The first kappa shape index (κ1) is 19.0. The summed E-state index contributed by atoms with van der Waals surface area (Å²) in [6, 6.07) is 12.7. The molecule has 1 aromatic heterocycles. The lowest BCUT2D eigenvalue weighted by molar-refractivity contribution is -0.00592. The van der Waals surface area contributed by atoms with Gasteiger partial charge in [0.2, 0.25) is 0 Å². The van der Waals surface area contributed by atoms with Crippen LogP contribution in [0.15, 0.2) is 42.5 Å². The highest BCUT2D eigenvalue weighted by atomic mass is 35.5. The van der Waals surface area contributed by atoms with Gasteiger partial charge < -0.3 is 19.4 Å². The monoisotopic (exact) mass is 424 g/mol.